The average Bonchev–Trinajstić information content (AvgIpc) is 2.84. The molecular weight excluding hydrogens is 388 g/mol. The van der Waals surface area contributed by atoms with Crippen LogP contribution in [-0.2, 0) is 4.79 Å². The van der Waals surface area contributed by atoms with Gasteiger partial charge >= 0.3 is 0 Å². The fourth-order valence-electron chi connectivity index (χ4n) is 5.38. The summed E-state index contributed by atoms with van der Waals surface area (Å²) >= 11 is 0. The summed E-state index contributed by atoms with van der Waals surface area (Å²) in [5.74, 6) is 2.27. The first-order valence-corrected chi connectivity index (χ1v) is 12.5. The van der Waals surface area contributed by atoms with Crippen LogP contribution < -0.4 is 4.74 Å². The van der Waals surface area contributed by atoms with Crippen molar-refractivity contribution in [1.82, 2.24) is 9.80 Å². The summed E-state index contributed by atoms with van der Waals surface area (Å²) in [6.07, 6.45) is 12.7. The highest BCUT2D eigenvalue weighted by molar-refractivity contribution is 5.94. The Morgan fingerprint density at radius 2 is 1.42 bits per heavy atom. The zero-order valence-corrected chi connectivity index (χ0v) is 18.9. The molecule has 170 valence electrons. The van der Waals surface area contributed by atoms with E-state index in [9.17, 15) is 9.59 Å². The molecule has 2 aliphatic heterocycles. The molecule has 0 spiro atoms. The number of hydrogen-bond donors (Lipinski definition) is 0. The highest BCUT2D eigenvalue weighted by Gasteiger charge is 2.26. The van der Waals surface area contributed by atoms with Crippen molar-refractivity contribution < 1.29 is 14.3 Å². The third-order valence-corrected chi connectivity index (χ3v) is 7.29. The number of ether oxygens (including phenoxy) is 1. The normalized spacial score (nSPS) is 22.9. The largest absolute Gasteiger partial charge is 0.493 e. The molecule has 1 aliphatic carbocycles. The molecular formula is C26H38N2O3. The minimum Gasteiger partial charge on any atom is -0.493 e. The molecule has 2 amide bonds. The Morgan fingerprint density at radius 3 is 2.16 bits per heavy atom. The van der Waals surface area contributed by atoms with E-state index in [4.69, 9.17) is 4.74 Å². The van der Waals surface area contributed by atoms with Crippen LogP contribution in [0.2, 0.25) is 0 Å². The zero-order valence-electron chi connectivity index (χ0n) is 18.9. The molecule has 1 aromatic carbocycles. The number of benzene rings is 1. The van der Waals surface area contributed by atoms with E-state index >= 15 is 0 Å². The van der Waals surface area contributed by atoms with Crippen molar-refractivity contribution in [3.05, 3.63) is 29.8 Å². The lowest BCUT2D eigenvalue weighted by molar-refractivity contribution is -0.134. The molecule has 0 unspecified atom stereocenters. The summed E-state index contributed by atoms with van der Waals surface area (Å²) < 4.78 is 6.04. The molecule has 2 heterocycles. The van der Waals surface area contributed by atoms with Crippen molar-refractivity contribution in [3.8, 4) is 5.75 Å². The van der Waals surface area contributed by atoms with Crippen LogP contribution in [0.4, 0.5) is 0 Å². The number of likely N-dealkylation sites (tertiary alicyclic amines) is 2. The van der Waals surface area contributed by atoms with Gasteiger partial charge in [0.25, 0.3) is 5.91 Å². The lowest BCUT2D eigenvalue weighted by Crippen LogP contribution is -2.42. The number of carbonyl (C=O) groups excluding carboxylic acids is 2. The van der Waals surface area contributed by atoms with Crippen molar-refractivity contribution in [3.63, 3.8) is 0 Å². The summed E-state index contributed by atoms with van der Waals surface area (Å²) in [5.41, 5.74) is 0.742. The quantitative estimate of drug-likeness (QED) is 0.650. The Kier molecular flexibility index (Phi) is 7.87. The van der Waals surface area contributed by atoms with Crippen LogP contribution in [-0.4, -0.2) is 54.4 Å². The molecule has 0 aromatic heterocycles. The fourth-order valence-corrected chi connectivity index (χ4v) is 5.38. The Balaban J connectivity index is 1.23. The van der Waals surface area contributed by atoms with Gasteiger partial charge in [0.15, 0.2) is 0 Å². The molecule has 1 saturated carbocycles. The van der Waals surface area contributed by atoms with E-state index in [2.05, 4.69) is 4.90 Å². The van der Waals surface area contributed by atoms with E-state index in [-0.39, 0.29) is 5.91 Å². The summed E-state index contributed by atoms with van der Waals surface area (Å²) in [5, 5.41) is 0. The number of piperidine rings is 2. The van der Waals surface area contributed by atoms with Gasteiger partial charge < -0.3 is 14.5 Å². The van der Waals surface area contributed by atoms with Crippen LogP contribution in [0, 0.1) is 11.8 Å². The molecule has 1 aromatic rings. The predicted molar refractivity (Wildman–Crippen MR) is 122 cm³/mol. The summed E-state index contributed by atoms with van der Waals surface area (Å²) in [6.45, 7) is 4.09. The van der Waals surface area contributed by atoms with E-state index in [1.807, 2.05) is 29.2 Å². The van der Waals surface area contributed by atoms with Gasteiger partial charge in [-0.15, -0.1) is 0 Å². The van der Waals surface area contributed by atoms with Gasteiger partial charge in [0, 0.05) is 44.1 Å². The minimum atomic E-state index is 0.130. The number of rotatable bonds is 6. The summed E-state index contributed by atoms with van der Waals surface area (Å²) in [6, 6.07) is 7.58. The SMILES string of the molecule is O=C(CC1CCCCC1)N1CCC[C@@H](COc2ccc(C(=O)N3CCCCC3)cc2)C1. The smallest absolute Gasteiger partial charge is 0.253 e. The topological polar surface area (TPSA) is 49.9 Å². The second-order valence-electron chi connectivity index (χ2n) is 9.74. The molecule has 4 rings (SSSR count). The van der Waals surface area contributed by atoms with E-state index < -0.39 is 0 Å². The van der Waals surface area contributed by atoms with Crippen molar-refractivity contribution in [2.75, 3.05) is 32.8 Å². The van der Waals surface area contributed by atoms with Crippen LogP contribution in [0.1, 0.15) is 81.0 Å². The van der Waals surface area contributed by atoms with Crippen molar-refractivity contribution in [2.45, 2.75) is 70.6 Å². The third-order valence-electron chi connectivity index (χ3n) is 7.29. The summed E-state index contributed by atoms with van der Waals surface area (Å²) in [4.78, 5) is 29.4. The standard InChI is InChI=1S/C26H38N2O3/c29-25(18-21-8-3-1-4-9-21)28-17-7-10-22(19-28)20-31-24-13-11-23(12-14-24)26(30)27-15-5-2-6-16-27/h11-14,21-22H,1-10,15-20H2/t22-/m1/s1. The van der Waals surface area contributed by atoms with E-state index in [0.717, 1.165) is 69.6 Å². The highest BCUT2D eigenvalue weighted by atomic mass is 16.5. The maximum Gasteiger partial charge on any atom is 0.253 e. The van der Waals surface area contributed by atoms with Gasteiger partial charge in [-0.2, -0.15) is 0 Å². The van der Waals surface area contributed by atoms with Crippen LogP contribution in [0.15, 0.2) is 24.3 Å². The third kappa shape index (κ3) is 6.24. The predicted octanol–water partition coefficient (Wildman–Crippen LogP) is 4.90. The molecule has 1 atom stereocenters. The van der Waals surface area contributed by atoms with Gasteiger partial charge in [0.1, 0.15) is 5.75 Å². The van der Waals surface area contributed by atoms with Gasteiger partial charge in [-0.3, -0.25) is 9.59 Å². The average molecular weight is 427 g/mol. The maximum atomic E-state index is 12.8. The minimum absolute atomic E-state index is 0.130. The Hall–Kier alpha value is -2.04. The maximum absolute atomic E-state index is 12.8. The van der Waals surface area contributed by atoms with Gasteiger partial charge in [-0.1, -0.05) is 19.3 Å². The summed E-state index contributed by atoms with van der Waals surface area (Å²) in [7, 11) is 0. The lowest BCUT2D eigenvalue weighted by Gasteiger charge is -2.34. The second-order valence-corrected chi connectivity index (χ2v) is 9.74. The molecule has 0 N–H and O–H groups in total. The molecule has 31 heavy (non-hydrogen) atoms. The van der Waals surface area contributed by atoms with Crippen molar-refractivity contribution >= 4 is 11.8 Å². The second kappa shape index (κ2) is 11.0. The molecule has 5 heteroatoms. The highest BCUT2D eigenvalue weighted by Crippen LogP contribution is 2.28. The zero-order chi connectivity index (χ0) is 21.5. The van der Waals surface area contributed by atoms with Crippen LogP contribution in [0.25, 0.3) is 0 Å². The molecule has 0 bridgehead atoms. The first-order valence-electron chi connectivity index (χ1n) is 12.5. The number of carbonyl (C=O) groups is 2. The number of amides is 2. The number of nitrogens with zero attached hydrogens (tertiary/aromatic N) is 2. The molecule has 5 nitrogen and oxygen atoms in total. The van der Waals surface area contributed by atoms with Crippen LogP contribution >= 0.6 is 0 Å². The lowest BCUT2D eigenvalue weighted by atomic mass is 9.86. The fraction of sp³-hybridized carbons (Fsp3) is 0.692. The first-order chi connectivity index (χ1) is 15.2. The van der Waals surface area contributed by atoms with Gasteiger partial charge in [-0.25, -0.2) is 0 Å². The molecule has 0 radical (unpaired) electrons. The Bertz CT molecular complexity index is 721. The van der Waals surface area contributed by atoms with Crippen molar-refractivity contribution in [1.29, 1.82) is 0 Å². The van der Waals surface area contributed by atoms with Gasteiger partial charge in [0.2, 0.25) is 5.91 Å². The first kappa shape index (κ1) is 22.2. The van der Waals surface area contributed by atoms with Crippen molar-refractivity contribution in [2.24, 2.45) is 11.8 Å². The van der Waals surface area contributed by atoms with Gasteiger partial charge in [-0.05, 0) is 75.1 Å². The van der Waals surface area contributed by atoms with Crippen LogP contribution in [0.3, 0.4) is 0 Å². The van der Waals surface area contributed by atoms with E-state index in [1.165, 1.54) is 38.5 Å². The Morgan fingerprint density at radius 1 is 0.774 bits per heavy atom. The van der Waals surface area contributed by atoms with Gasteiger partial charge in [0.05, 0.1) is 6.61 Å². The molecule has 3 fully saturated rings. The van der Waals surface area contributed by atoms with E-state index in [1.54, 1.807) is 0 Å². The molecule has 3 aliphatic rings. The monoisotopic (exact) mass is 426 g/mol. The number of hydrogen-bond acceptors (Lipinski definition) is 3. The Labute approximate surface area is 187 Å². The van der Waals surface area contributed by atoms with Crippen LogP contribution in [0.5, 0.6) is 5.75 Å². The molecule has 2 saturated heterocycles. The van der Waals surface area contributed by atoms with E-state index in [0.29, 0.717) is 24.3 Å².